The summed E-state index contributed by atoms with van der Waals surface area (Å²) in [5.41, 5.74) is 3.76. The maximum Gasteiger partial charge on any atom is 0.0863 e. The maximum atomic E-state index is 6.40. The summed E-state index contributed by atoms with van der Waals surface area (Å²) in [7, 11) is 0. The first-order valence-corrected chi connectivity index (χ1v) is 8.26. The van der Waals surface area contributed by atoms with E-state index < -0.39 is 0 Å². The molecule has 0 amide bonds. The smallest absolute Gasteiger partial charge is 0.0863 e. The minimum absolute atomic E-state index is 0.812. The minimum atomic E-state index is 0.812. The standard InChI is InChI=1S/C16H26ClN3/c1-3-14-16(17)15(20(4-2)19-14)12-18-11-10-13-8-6-5-7-9-13/h8,18H,3-7,9-12H2,1-2H3. The first-order chi connectivity index (χ1) is 9.76. The van der Waals surface area contributed by atoms with E-state index in [9.17, 15) is 0 Å². The number of halogens is 1. The van der Waals surface area contributed by atoms with Crippen LogP contribution in [0.1, 0.15) is 57.3 Å². The van der Waals surface area contributed by atoms with Gasteiger partial charge in [-0.05, 0) is 52.0 Å². The molecule has 0 radical (unpaired) electrons. The topological polar surface area (TPSA) is 29.9 Å². The third-order valence-electron chi connectivity index (χ3n) is 3.99. The second kappa shape index (κ2) is 7.84. The summed E-state index contributed by atoms with van der Waals surface area (Å²) >= 11 is 6.40. The van der Waals surface area contributed by atoms with Crippen molar-refractivity contribution in [3.8, 4) is 0 Å². The Hall–Kier alpha value is -0.800. The highest BCUT2D eigenvalue weighted by Crippen LogP contribution is 2.22. The largest absolute Gasteiger partial charge is 0.311 e. The van der Waals surface area contributed by atoms with Crippen LogP contribution in [0, 0.1) is 0 Å². The highest BCUT2D eigenvalue weighted by molar-refractivity contribution is 6.31. The summed E-state index contributed by atoms with van der Waals surface area (Å²) < 4.78 is 2.02. The van der Waals surface area contributed by atoms with Crippen LogP contribution in [0.15, 0.2) is 11.6 Å². The molecule has 0 aromatic carbocycles. The normalized spacial score (nSPS) is 15.4. The Bertz CT molecular complexity index is 463. The molecule has 1 heterocycles. The third kappa shape index (κ3) is 3.86. The summed E-state index contributed by atoms with van der Waals surface area (Å²) in [6, 6.07) is 0. The van der Waals surface area contributed by atoms with E-state index in [0.29, 0.717) is 0 Å². The first kappa shape index (κ1) is 15.6. The Morgan fingerprint density at radius 3 is 2.85 bits per heavy atom. The zero-order valence-electron chi connectivity index (χ0n) is 12.7. The Balaban J connectivity index is 1.84. The van der Waals surface area contributed by atoms with Crippen molar-refractivity contribution in [3.05, 3.63) is 28.1 Å². The molecule has 0 aliphatic heterocycles. The van der Waals surface area contributed by atoms with Crippen LogP contribution < -0.4 is 5.32 Å². The lowest BCUT2D eigenvalue weighted by molar-refractivity contribution is 0.572. The predicted octanol–water partition coefficient (Wildman–Crippen LogP) is 4.10. The Labute approximate surface area is 127 Å². The lowest BCUT2D eigenvalue weighted by Crippen LogP contribution is -2.18. The van der Waals surface area contributed by atoms with Gasteiger partial charge in [-0.2, -0.15) is 5.10 Å². The van der Waals surface area contributed by atoms with Crippen LogP contribution in [0.2, 0.25) is 5.02 Å². The molecule has 112 valence electrons. The molecular weight excluding hydrogens is 270 g/mol. The fourth-order valence-corrected chi connectivity index (χ4v) is 3.11. The number of hydrogen-bond donors (Lipinski definition) is 1. The molecule has 1 aromatic heterocycles. The van der Waals surface area contributed by atoms with Crippen LogP contribution in [-0.2, 0) is 19.5 Å². The van der Waals surface area contributed by atoms with Crippen LogP contribution in [0.5, 0.6) is 0 Å². The summed E-state index contributed by atoms with van der Waals surface area (Å²) in [5, 5.41) is 8.91. The van der Waals surface area contributed by atoms with E-state index >= 15 is 0 Å². The van der Waals surface area contributed by atoms with E-state index in [1.807, 2.05) is 4.68 Å². The second-order valence-electron chi connectivity index (χ2n) is 5.41. The Morgan fingerprint density at radius 2 is 2.20 bits per heavy atom. The molecule has 0 bridgehead atoms. The third-order valence-corrected chi connectivity index (χ3v) is 4.43. The number of hydrogen-bond acceptors (Lipinski definition) is 2. The molecule has 0 saturated heterocycles. The lowest BCUT2D eigenvalue weighted by Gasteiger charge is -2.13. The molecule has 0 spiro atoms. The molecule has 1 aromatic rings. The van der Waals surface area contributed by atoms with Crippen molar-refractivity contribution >= 4 is 11.6 Å². The molecule has 20 heavy (non-hydrogen) atoms. The molecule has 0 unspecified atom stereocenters. The summed E-state index contributed by atoms with van der Waals surface area (Å²) in [4.78, 5) is 0. The highest BCUT2D eigenvalue weighted by Gasteiger charge is 2.13. The van der Waals surface area contributed by atoms with Crippen molar-refractivity contribution in [2.45, 2.75) is 65.5 Å². The molecule has 2 rings (SSSR count). The van der Waals surface area contributed by atoms with E-state index in [-0.39, 0.29) is 0 Å². The molecule has 0 atom stereocenters. The van der Waals surface area contributed by atoms with Gasteiger partial charge in [0.05, 0.1) is 16.4 Å². The molecule has 1 aliphatic carbocycles. The van der Waals surface area contributed by atoms with Crippen molar-refractivity contribution in [1.82, 2.24) is 15.1 Å². The van der Waals surface area contributed by atoms with Gasteiger partial charge in [0, 0.05) is 13.1 Å². The molecule has 0 saturated carbocycles. The quantitative estimate of drug-likeness (QED) is 0.606. The molecule has 4 heteroatoms. The molecule has 1 aliphatic rings. The molecule has 1 N–H and O–H groups in total. The first-order valence-electron chi connectivity index (χ1n) is 7.88. The van der Waals surface area contributed by atoms with Gasteiger partial charge in [-0.25, -0.2) is 0 Å². The molecular formula is C16H26ClN3. The number of aromatic nitrogens is 2. The van der Waals surface area contributed by atoms with Gasteiger partial charge in [0.2, 0.25) is 0 Å². The van der Waals surface area contributed by atoms with Crippen LogP contribution in [0.3, 0.4) is 0 Å². The average Bonchev–Trinajstić information content (AvgIpc) is 2.80. The van der Waals surface area contributed by atoms with Gasteiger partial charge in [0.25, 0.3) is 0 Å². The molecule has 0 fully saturated rings. The average molecular weight is 296 g/mol. The van der Waals surface area contributed by atoms with Crippen LogP contribution in [0.25, 0.3) is 0 Å². The maximum absolute atomic E-state index is 6.40. The minimum Gasteiger partial charge on any atom is -0.311 e. The summed E-state index contributed by atoms with van der Waals surface area (Å²) in [6.45, 7) is 6.92. The van der Waals surface area contributed by atoms with E-state index in [4.69, 9.17) is 11.6 Å². The number of nitrogens with zero attached hydrogens (tertiary/aromatic N) is 2. The lowest BCUT2D eigenvalue weighted by atomic mass is 9.97. The van der Waals surface area contributed by atoms with Gasteiger partial charge in [0.1, 0.15) is 0 Å². The zero-order valence-corrected chi connectivity index (χ0v) is 13.5. The van der Waals surface area contributed by atoms with Gasteiger partial charge >= 0.3 is 0 Å². The van der Waals surface area contributed by atoms with Crippen LogP contribution in [0.4, 0.5) is 0 Å². The van der Waals surface area contributed by atoms with E-state index in [1.165, 1.54) is 32.1 Å². The van der Waals surface area contributed by atoms with Crippen molar-refractivity contribution in [1.29, 1.82) is 0 Å². The van der Waals surface area contributed by atoms with Crippen molar-refractivity contribution in [2.24, 2.45) is 0 Å². The van der Waals surface area contributed by atoms with E-state index in [1.54, 1.807) is 5.57 Å². The van der Waals surface area contributed by atoms with Crippen molar-refractivity contribution in [2.75, 3.05) is 6.54 Å². The van der Waals surface area contributed by atoms with Crippen molar-refractivity contribution < 1.29 is 0 Å². The predicted molar refractivity (Wildman–Crippen MR) is 85.2 cm³/mol. The number of allylic oxidation sites excluding steroid dienone is 1. The number of nitrogens with one attached hydrogen (secondary N) is 1. The van der Waals surface area contributed by atoms with Gasteiger partial charge in [-0.3, -0.25) is 4.68 Å². The van der Waals surface area contributed by atoms with Gasteiger partial charge in [-0.15, -0.1) is 0 Å². The summed E-state index contributed by atoms with van der Waals surface area (Å²) in [5.74, 6) is 0. The van der Waals surface area contributed by atoms with Crippen molar-refractivity contribution in [3.63, 3.8) is 0 Å². The Morgan fingerprint density at radius 1 is 1.35 bits per heavy atom. The SMILES string of the molecule is CCc1nn(CC)c(CNCCC2=CCCCC2)c1Cl. The van der Waals surface area contributed by atoms with Crippen LogP contribution in [-0.4, -0.2) is 16.3 Å². The highest BCUT2D eigenvalue weighted by atomic mass is 35.5. The summed E-state index contributed by atoms with van der Waals surface area (Å²) in [6.07, 6.45) is 9.76. The molecule has 3 nitrogen and oxygen atoms in total. The van der Waals surface area contributed by atoms with Gasteiger partial charge in [0.15, 0.2) is 0 Å². The fourth-order valence-electron chi connectivity index (χ4n) is 2.77. The fraction of sp³-hybridized carbons (Fsp3) is 0.688. The Kier molecular flexibility index (Phi) is 6.11. The van der Waals surface area contributed by atoms with E-state index in [2.05, 4.69) is 30.3 Å². The number of aryl methyl sites for hydroxylation is 2. The number of rotatable bonds is 7. The van der Waals surface area contributed by atoms with Gasteiger partial charge < -0.3 is 5.32 Å². The van der Waals surface area contributed by atoms with E-state index in [0.717, 1.165) is 42.5 Å². The van der Waals surface area contributed by atoms with Crippen LogP contribution >= 0.6 is 11.6 Å². The zero-order chi connectivity index (χ0) is 14.4. The van der Waals surface area contributed by atoms with Gasteiger partial charge in [-0.1, -0.05) is 30.2 Å². The monoisotopic (exact) mass is 295 g/mol. The second-order valence-corrected chi connectivity index (χ2v) is 5.79.